The molecule has 2 aromatic carbocycles. The molecule has 0 unspecified atom stereocenters. The molecule has 5 heteroatoms. The molecule has 0 aliphatic rings. The highest BCUT2D eigenvalue weighted by atomic mass is 79.9. The average Bonchev–Trinajstić information content (AvgIpc) is 2.49. The highest BCUT2D eigenvalue weighted by Crippen LogP contribution is 2.36. The van der Waals surface area contributed by atoms with Crippen molar-refractivity contribution in [3.63, 3.8) is 0 Å². The van der Waals surface area contributed by atoms with Crippen molar-refractivity contribution in [3.05, 3.63) is 51.0 Å². The van der Waals surface area contributed by atoms with Crippen LogP contribution in [-0.2, 0) is 0 Å². The van der Waals surface area contributed by atoms with Crippen molar-refractivity contribution in [3.8, 4) is 11.5 Å². The van der Waals surface area contributed by atoms with Crippen molar-refractivity contribution in [2.75, 3.05) is 13.7 Å². The number of benzene rings is 2. The first-order chi connectivity index (χ1) is 10.6. The van der Waals surface area contributed by atoms with Crippen molar-refractivity contribution in [1.29, 1.82) is 0 Å². The number of nitrogens with zero attached hydrogens (tertiary/aromatic N) is 1. The van der Waals surface area contributed by atoms with Crippen LogP contribution in [0.2, 0.25) is 5.02 Å². The van der Waals surface area contributed by atoms with Gasteiger partial charge in [-0.25, -0.2) is 0 Å². The van der Waals surface area contributed by atoms with Gasteiger partial charge in [0.15, 0.2) is 11.5 Å². The van der Waals surface area contributed by atoms with Crippen LogP contribution in [0.3, 0.4) is 0 Å². The molecule has 0 amide bonds. The van der Waals surface area contributed by atoms with E-state index in [2.05, 4.69) is 20.9 Å². The number of halogens is 2. The van der Waals surface area contributed by atoms with Gasteiger partial charge in [-0.15, -0.1) is 0 Å². The fraction of sp³-hybridized carbons (Fsp3) is 0.235. The third kappa shape index (κ3) is 3.81. The smallest absolute Gasteiger partial charge is 0.174 e. The molecule has 0 heterocycles. The summed E-state index contributed by atoms with van der Waals surface area (Å²) in [6, 6.07) is 9.51. The molecule has 0 aliphatic heterocycles. The van der Waals surface area contributed by atoms with Crippen LogP contribution in [0, 0.1) is 6.92 Å². The lowest BCUT2D eigenvalue weighted by Crippen LogP contribution is -1.97. The Kier molecular flexibility index (Phi) is 5.86. The van der Waals surface area contributed by atoms with Crippen molar-refractivity contribution < 1.29 is 9.47 Å². The van der Waals surface area contributed by atoms with E-state index in [-0.39, 0.29) is 0 Å². The molecule has 0 bridgehead atoms. The van der Waals surface area contributed by atoms with E-state index in [1.807, 2.05) is 44.2 Å². The van der Waals surface area contributed by atoms with Gasteiger partial charge in [0, 0.05) is 11.2 Å². The van der Waals surface area contributed by atoms with E-state index in [4.69, 9.17) is 21.1 Å². The largest absolute Gasteiger partial charge is 0.492 e. The van der Waals surface area contributed by atoms with Crippen LogP contribution in [0.25, 0.3) is 0 Å². The molecular weight excluding hydrogens is 366 g/mol. The minimum atomic E-state index is 0.566. The first kappa shape index (κ1) is 16.8. The Morgan fingerprint density at radius 2 is 2.09 bits per heavy atom. The van der Waals surface area contributed by atoms with E-state index in [1.54, 1.807) is 13.3 Å². The van der Waals surface area contributed by atoms with Gasteiger partial charge >= 0.3 is 0 Å². The Labute approximate surface area is 144 Å². The predicted octanol–water partition coefficient (Wildman–Crippen LogP) is 5.57. The Balaban J connectivity index is 2.37. The number of methoxy groups -OCH3 is 1. The average molecular weight is 383 g/mol. The van der Waals surface area contributed by atoms with Crippen molar-refractivity contribution in [2.45, 2.75) is 13.8 Å². The van der Waals surface area contributed by atoms with Crippen LogP contribution in [0.1, 0.15) is 18.1 Å². The lowest BCUT2D eigenvalue weighted by molar-refractivity contribution is 0.310. The van der Waals surface area contributed by atoms with Crippen molar-refractivity contribution >= 4 is 39.4 Å². The van der Waals surface area contributed by atoms with E-state index >= 15 is 0 Å². The summed E-state index contributed by atoms with van der Waals surface area (Å²) in [7, 11) is 1.62. The van der Waals surface area contributed by atoms with Gasteiger partial charge in [-0.3, -0.25) is 4.99 Å². The summed E-state index contributed by atoms with van der Waals surface area (Å²) >= 11 is 9.60. The zero-order valence-corrected chi connectivity index (χ0v) is 15.0. The molecule has 0 N–H and O–H groups in total. The van der Waals surface area contributed by atoms with Crippen LogP contribution >= 0.6 is 27.5 Å². The van der Waals surface area contributed by atoms with Crippen LogP contribution in [0.4, 0.5) is 5.69 Å². The molecule has 22 heavy (non-hydrogen) atoms. The maximum absolute atomic E-state index is 6.11. The van der Waals surface area contributed by atoms with Gasteiger partial charge in [0.1, 0.15) is 0 Å². The number of hydrogen-bond donors (Lipinski definition) is 0. The monoisotopic (exact) mass is 381 g/mol. The summed E-state index contributed by atoms with van der Waals surface area (Å²) in [4.78, 5) is 4.51. The lowest BCUT2D eigenvalue weighted by atomic mass is 10.2. The van der Waals surface area contributed by atoms with Gasteiger partial charge in [-0.2, -0.15) is 0 Å². The molecule has 0 atom stereocenters. The molecule has 0 spiro atoms. The number of aliphatic imine (C=N–C) groups is 1. The molecule has 0 aliphatic carbocycles. The molecule has 116 valence electrons. The highest BCUT2D eigenvalue weighted by Gasteiger charge is 2.10. The third-order valence-corrected chi connectivity index (χ3v) is 4.13. The minimum absolute atomic E-state index is 0.566. The van der Waals surface area contributed by atoms with Crippen molar-refractivity contribution in [1.82, 2.24) is 0 Å². The quantitative estimate of drug-likeness (QED) is 0.633. The Morgan fingerprint density at radius 1 is 1.32 bits per heavy atom. The Bertz CT molecular complexity index is 701. The van der Waals surface area contributed by atoms with E-state index < -0.39 is 0 Å². The second kappa shape index (κ2) is 7.65. The predicted molar refractivity (Wildman–Crippen MR) is 95.3 cm³/mol. The summed E-state index contributed by atoms with van der Waals surface area (Å²) < 4.78 is 11.8. The normalized spacial score (nSPS) is 11.0. The maximum Gasteiger partial charge on any atom is 0.174 e. The van der Waals surface area contributed by atoms with Crippen LogP contribution in [0.15, 0.2) is 39.8 Å². The molecule has 3 nitrogen and oxygen atoms in total. The zero-order chi connectivity index (χ0) is 16.1. The number of ether oxygens (including phenoxy) is 2. The molecule has 0 radical (unpaired) electrons. The summed E-state index contributed by atoms with van der Waals surface area (Å²) in [5.74, 6) is 1.36. The van der Waals surface area contributed by atoms with E-state index in [9.17, 15) is 0 Å². The summed E-state index contributed by atoms with van der Waals surface area (Å²) in [6.45, 7) is 4.45. The molecule has 0 aromatic heterocycles. The molecular formula is C17H17BrClNO2. The van der Waals surface area contributed by atoms with Gasteiger partial charge in [0.2, 0.25) is 0 Å². The third-order valence-electron chi connectivity index (χ3n) is 3.13. The lowest BCUT2D eigenvalue weighted by Gasteiger charge is -2.11. The topological polar surface area (TPSA) is 30.8 Å². The first-order valence-electron chi connectivity index (χ1n) is 6.86. The summed E-state index contributed by atoms with van der Waals surface area (Å²) in [5.41, 5.74) is 2.71. The van der Waals surface area contributed by atoms with Gasteiger partial charge in [-0.1, -0.05) is 17.7 Å². The van der Waals surface area contributed by atoms with Crippen LogP contribution in [-0.4, -0.2) is 19.9 Å². The zero-order valence-electron chi connectivity index (χ0n) is 12.7. The number of hydrogen-bond acceptors (Lipinski definition) is 3. The summed E-state index contributed by atoms with van der Waals surface area (Å²) in [6.07, 6.45) is 1.78. The van der Waals surface area contributed by atoms with Gasteiger partial charge in [0.05, 0.1) is 23.9 Å². The Morgan fingerprint density at radius 3 is 2.77 bits per heavy atom. The minimum Gasteiger partial charge on any atom is -0.492 e. The fourth-order valence-corrected chi connectivity index (χ4v) is 2.79. The fourth-order valence-electron chi connectivity index (χ4n) is 2.00. The first-order valence-corrected chi connectivity index (χ1v) is 8.03. The van der Waals surface area contributed by atoms with E-state index in [1.165, 1.54) is 0 Å². The molecule has 0 fully saturated rings. The van der Waals surface area contributed by atoms with Crippen LogP contribution < -0.4 is 9.47 Å². The second-order valence-electron chi connectivity index (χ2n) is 4.61. The molecule has 2 rings (SSSR count). The SMILES string of the molecule is CCOc1cc(C=Nc2cccc(Cl)c2C)cc(Br)c1OC. The molecule has 2 aromatic rings. The summed E-state index contributed by atoms with van der Waals surface area (Å²) in [5, 5.41) is 0.709. The maximum atomic E-state index is 6.11. The van der Waals surface area contributed by atoms with Gasteiger partial charge in [-0.05, 0) is 65.2 Å². The molecule has 0 saturated heterocycles. The van der Waals surface area contributed by atoms with Gasteiger partial charge < -0.3 is 9.47 Å². The second-order valence-corrected chi connectivity index (χ2v) is 5.87. The molecule has 0 saturated carbocycles. The van der Waals surface area contributed by atoms with Gasteiger partial charge in [0.25, 0.3) is 0 Å². The number of rotatable bonds is 5. The Hall–Kier alpha value is -1.52. The highest BCUT2D eigenvalue weighted by molar-refractivity contribution is 9.10. The van der Waals surface area contributed by atoms with E-state index in [0.717, 1.165) is 21.3 Å². The van der Waals surface area contributed by atoms with E-state index in [0.29, 0.717) is 23.1 Å². The van der Waals surface area contributed by atoms with Crippen molar-refractivity contribution in [2.24, 2.45) is 4.99 Å². The standard InChI is InChI=1S/C17H17BrClNO2/c1-4-22-16-9-12(8-13(18)17(16)21-3)10-20-15-7-5-6-14(19)11(15)2/h5-10H,4H2,1-3H3. The van der Waals surface area contributed by atoms with Crippen LogP contribution in [0.5, 0.6) is 11.5 Å².